The minimum absolute atomic E-state index is 0.163. The summed E-state index contributed by atoms with van der Waals surface area (Å²) in [4.78, 5) is 28.1. The second-order valence-electron chi connectivity index (χ2n) is 6.96. The maximum absolute atomic E-state index is 12.9. The van der Waals surface area contributed by atoms with E-state index in [1.807, 2.05) is 47.8 Å². The van der Waals surface area contributed by atoms with Crippen LogP contribution in [0.2, 0.25) is 0 Å². The molecule has 0 bridgehead atoms. The van der Waals surface area contributed by atoms with Crippen molar-refractivity contribution >= 4 is 44.5 Å². The molecule has 4 rings (SSSR count). The monoisotopic (exact) mass is 448 g/mol. The molecule has 0 atom stereocenters. The molecule has 0 aliphatic carbocycles. The number of methoxy groups -OCH3 is 1. The molecule has 4 aromatic rings. The zero-order valence-corrected chi connectivity index (χ0v) is 18.0. The molecule has 9 heteroatoms. The highest BCUT2D eigenvalue weighted by Gasteiger charge is 2.18. The van der Waals surface area contributed by atoms with Crippen molar-refractivity contribution in [2.75, 3.05) is 30.9 Å². The lowest BCUT2D eigenvalue weighted by atomic mass is 10.1. The van der Waals surface area contributed by atoms with E-state index in [0.717, 1.165) is 22.0 Å². The largest absolute Gasteiger partial charge is 0.383 e. The highest BCUT2D eigenvalue weighted by atomic mass is 32.1. The average Bonchev–Trinajstić information content (AvgIpc) is 3.27. The molecule has 1 aromatic heterocycles. The predicted octanol–water partition coefficient (Wildman–Crippen LogP) is 5.18. The number of hydrogen-bond acceptors (Lipinski definition) is 7. The molecule has 0 saturated heterocycles. The van der Waals surface area contributed by atoms with Crippen LogP contribution in [0, 0.1) is 10.1 Å². The summed E-state index contributed by atoms with van der Waals surface area (Å²) in [6, 6.07) is 18.2. The molecule has 0 fully saturated rings. The number of benzene rings is 3. The fraction of sp³-hybridized carbons (Fsp3) is 0.130. The van der Waals surface area contributed by atoms with Gasteiger partial charge in [0.15, 0.2) is 5.13 Å². The number of aromatic nitrogens is 1. The first kappa shape index (κ1) is 21.4. The maximum Gasteiger partial charge on any atom is 0.270 e. The van der Waals surface area contributed by atoms with Gasteiger partial charge in [-0.1, -0.05) is 36.4 Å². The molecule has 2 N–H and O–H groups in total. The van der Waals surface area contributed by atoms with Gasteiger partial charge in [0.05, 0.1) is 22.8 Å². The van der Waals surface area contributed by atoms with Crippen molar-refractivity contribution in [3.05, 3.63) is 81.7 Å². The number of nitrogens with zero attached hydrogens (tertiary/aromatic N) is 2. The number of nitrogens with one attached hydrogen (secondary N) is 2. The van der Waals surface area contributed by atoms with Crippen molar-refractivity contribution in [2.24, 2.45) is 0 Å². The lowest BCUT2D eigenvalue weighted by Gasteiger charge is -2.11. The first-order valence-electron chi connectivity index (χ1n) is 9.82. The van der Waals surface area contributed by atoms with Crippen LogP contribution in [0.4, 0.5) is 16.5 Å². The van der Waals surface area contributed by atoms with E-state index in [0.29, 0.717) is 24.0 Å². The Hall–Kier alpha value is -3.82. The molecule has 1 amide bonds. The minimum atomic E-state index is -0.531. The first-order valence-corrected chi connectivity index (χ1v) is 10.7. The third-order valence-corrected chi connectivity index (χ3v) is 5.61. The summed E-state index contributed by atoms with van der Waals surface area (Å²) >= 11 is 1.29. The number of ether oxygens (including phenoxy) is 1. The van der Waals surface area contributed by atoms with Crippen molar-refractivity contribution in [2.45, 2.75) is 0 Å². The third kappa shape index (κ3) is 4.74. The standard InChI is InChI=1S/C23H20N4O4S/c1-31-11-10-24-20-9-8-18(27(29)30)13-19(20)22(28)26-23-25-21(14-32-23)17-7-6-15-4-2-3-5-16(15)12-17/h2-9,12-14,24H,10-11H2,1H3,(H,25,26,28). The van der Waals surface area contributed by atoms with E-state index in [9.17, 15) is 14.9 Å². The lowest BCUT2D eigenvalue weighted by Crippen LogP contribution is -2.16. The number of anilines is 2. The van der Waals surface area contributed by atoms with E-state index in [4.69, 9.17) is 4.74 Å². The number of non-ortho nitro benzene ring substituents is 1. The third-order valence-electron chi connectivity index (χ3n) is 4.85. The van der Waals surface area contributed by atoms with Gasteiger partial charge in [0, 0.05) is 42.4 Å². The van der Waals surface area contributed by atoms with Crippen molar-refractivity contribution in [3.63, 3.8) is 0 Å². The van der Waals surface area contributed by atoms with E-state index in [1.165, 1.54) is 29.5 Å². The van der Waals surface area contributed by atoms with Crippen molar-refractivity contribution < 1.29 is 14.5 Å². The van der Waals surface area contributed by atoms with Crippen LogP contribution in [0.1, 0.15) is 10.4 Å². The van der Waals surface area contributed by atoms with E-state index in [2.05, 4.69) is 15.6 Å². The molecule has 0 unspecified atom stereocenters. The maximum atomic E-state index is 12.9. The van der Waals surface area contributed by atoms with Crippen LogP contribution in [0.15, 0.2) is 66.0 Å². The smallest absolute Gasteiger partial charge is 0.270 e. The van der Waals surface area contributed by atoms with E-state index in [-0.39, 0.29) is 11.3 Å². The molecule has 0 spiro atoms. The number of nitro groups is 1. The number of carbonyl (C=O) groups is 1. The number of thiazole rings is 1. The van der Waals surface area contributed by atoms with E-state index >= 15 is 0 Å². The molecular weight excluding hydrogens is 428 g/mol. The Morgan fingerprint density at radius 2 is 1.94 bits per heavy atom. The summed E-state index contributed by atoms with van der Waals surface area (Å²) in [6.45, 7) is 0.887. The molecule has 0 aliphatic heterocycles. The van der Waals surface area contributed by atoms with Gasteiger partial charge in [-0.2, -0.15) is 0 Å². The Morgan fingerprint density at radius 1 is 1.12 bits per heavy atom. The van der Waals surface area contributed by atoms with Gasteiger partial charge in [0.1, 0.15) is 0 Å². The summed E-state index contributed by atoms with van der Waals surface area (Å²) in [5.74, 6) is -0.479. The number of amides is 1. The van der Waals surface area contributed by atoms with Crippen molar-refractivity contribution in [3.8, 4) is 11.3 Å². The molecule has 3 aromatic carbocycles. The highest BCUT2D eigenvalue weighted by molar-refractivity contribution is 7.14. The fourth-order valence-corrected chi connectivity index (χ4v) is 3.97. The average molecular weight is 449 g/mol. The molecule has 0 radical (unpaired) electrons. The van der Waals surface area contributed by atoms with Gasteiger partial charge in [-0.25, -0.2) is 4.98 Å². The minimum Gasteiger partial charge on any atom is -0.383 e. The second kappa shape index (κ2) is 9.54. The van der Waals surface area contributed by atoms with Gasteiger partial charge in [0.25, 0.3) is 11.6 Å². The molecule has 0 aliphatic rings. The lowest BCUT2D eigenvalue weighted by molar-refractivity contribution is -0.384. The van der Waals surface area contributed by atoms with E-state index in [1.54, 1.807) is 7.11 Å². The summed E-state index contributed by atoms with van der Waals surface area (Å²) in [6.07, 6.45) is 0. The Balaban J connectivity index is 1.56. The van der Waals surface area contributed by atoms with Crippen molar-refractivity contribution in [1.29, 1.82) is 0 Å². The van der Waals surface area contributed by atoms with Crippen LogP contribution < -0.4 is 10.6 Å². The Morgan fingerprint density at radius 3 is 2.72 bits per heavy atom. The van der Waals surface area contributed by atoms with Gasteiger partial charge in [0.2, 0.25) is 0 Å². The van der Waals surface area contributed by atoms with Gasteiger partial charge in [-0.15, -0.1) is 11.3 Å². The van der Waals surface area contributed by atoms with Crippen LogP contribution in [0.3, 0.4) is 0 Å². The fourth-order valence-electron chi connectivity index (χ4n) is 3.25. The molecule has 8 nitrogen and oxygen atoms in total. The Kier molecular flexibility index (Phi) is 6.39. The topological polar surface area (TPSA) is 106 Å². The highest BCUT2D eigenvalue weighted by Crippen LogP contribution is 2.29. The number of hydrogen-bond donors (Lipinski definition) is 2. The van der Waals surface area contributed by atoms with Crippen molar-refractivity contribution in [1.82, 2.24) is 4.98 Å². The summed E-state index contributed by atoms with van der Waals surface area (Å²) < 4.78 is 5.01. The van der Waals surface area contributed by atoms with Gasteiger partial charge in [-0.05, 0) is 22.9 Å². The van der Waals surface area contributed by atoms with Crippen LogP contribution in [-0.4, -0.2) is 36.1 Å². The molecular formula is C23H20N4O4S. The quantitative estimate of drug-likeness (QED) is 0.218. The summed E-state index contributed by atoms with van der Waals surface area (Å²) in [7, 11) is 1.57. The first-order chi connectivity index (χ1) is 15.5. The molecule has 1 heterocycles. The Bertz CT molecular complexity index is 1290. The number of carbonyl (C=O) groups excluding carboxylic acids is 1. The molecule has 32 heavy (non-hydrogen) atoms. The van der Waals surface area contributed by atoms with Gasteiger partial charge in [-0.3, -0.25) is 20.2 Å². The number of rotatable bonds is 8. The number of nitro benzene ring substituents is 1. The zero-order valence-electron chi connectivity index (χ0n) is 17.2. The van der Waals surface area contributed by atoms with Crippen LogP contribution in [-0.2, 0) is 4.74 Å². The van der Waals surface area contributed by atoms with Crippen LogP contribution in [0.5, 0.6) is 0 Å². The van der Waals surface area contributed by atoms with E-state index < -0.39 is 10.8 Å². The zero-order chi connectivity index (χ0) is 22.5. The Labute approximate surface area is 188 Å². The van der Waals surface area contributed by atoms with Gasteiger partial charge < -0.3 is 10.1 Å². The van der Waals surface area contributed by atoms with Gasteiger partial charge >= 0.3 is 0 Å². The molecule has 162 valence electrons. The van der Waals surface area contributed by atoms with Crippen LogP contribution in [0.25, 0.3) is 22.0 Å². The molecule has 0 saturated carbocycles. The summed E-state index contributed by atoms with van der Waals surface area (Å²) in [5.41, 5.74) is 2.17. The second-order valence-corrected chi connectivity index (χ2v) is 7.82. The summed E-state index contributed by atoms with van der Waals surface area (Å²) in [5, 5.41) is 21.5. The van der Waals surface area contributed by atoms with Crippen LogP contribution >= 0.6 is 11.3 Å². The predicted molar refractivity (Wildman–Crippen MR) is 126 cm³/mol. The number of fused-ring (bicyclic) bond motifs is 1. The normalized spacial score (nSPS) is 10.8. The SMILES string of the molecule is COCCNc1ccc([N+](=O)[O-])cc1C(=O)Nc1nc(-c2ccc3ccccc3c2)cs1.